The molecule has 3 aliphatic rings. The lowest BCUT2D eigenvalue weighted by molar-refractivity contribution is 0.659. The molecule has 1 heterocycles. The monoisotopic (exact) mass is 808 g/mol. The van der Waals surface area contributed by atoms with Gasteiger partial charge in [-0.15, -0.1) is 0 Å². The highest BCUT2D eigenvalue weighted by Crippen LogP contribution is 2.55. The van der Waals surface area contributed by atoms with Crippen molar-refractivity contribution in [2.45, 2.75) is 57.8 Å². The Labute approximate surface area is 371 Å². The second-order valence-electron chi connectivity index (χ2n) is 19.4. The summed E-state index contributed by atoms with van der Waals surface area (Å²) in [6, 6.07) is 63.8. The Bertz CT molecular complexity index is 3350. The third-order valence-corrected chi connectivity index (χ3v) is 14.8. The minimum Gasteiger partial charge on any atom is -0.237 e. The van der Waals surface area contributed by atoms with Gasteiger partial charge in [-0.1, -0.05) is 169 Å². The van der Waals surface area contributed by atoms with E-state index >= 15 is 0 Å². The van der Waals surface area contributed by atoms with Crippen molar-refractivity contribution in [3.8, 4) is 89.3 Å². The number of benzene rings is 8. The third-order valence-electron chi connectivity index (χ3n) is 14.8. The predicted octanol–water partition coefficient (Wildman–Crippen LogP) is 15.7. The highest BCUT2D eigenvalue weighted by molar-refractivity contribution is 5.91. The smallest absolute Gasteiger partial charge is 0.159 e. The van der Waals surface area contributed by atoms with E-state index in [0.29, 0.717) is 0 Å². The molecule has 0 bridgehead atoms. The Balaban J connectivity index is 0.853. The molecule has 0 radical (unpaired) electrons. The summed E-state index contributed by atoms with van der Waals surface area (Å²) in [4.78, 5) is 9.07. The molecule has 0 aliphatic heterocycles. The van der Waals surface area contributed by atoms with Crippen LogP contribution in [0.25, 0.3) is 89.3 Å². The van der Waals surface area contributed by atoms with Crippen LogP contribution in [0.2, 0.25) is 0 Å². The molecule has 0 unspecified atom stereocenters. The molecule has 0 atom stereocenters. The summed E-state index contributed by atoms with van der Waals surface area (Å²) in [7, 11) is 0. The lowest BCUT2D eigenvalue weighted by Crippen LogP contribution is -2.16. The second kappa shape index (κ2) is 13.4. The largest absolute Gasteiger partial charge is 0.237 e. The van der Waals surface area contributed by atoms with Crippen molar-refractivity contribution in [3.63, 3.8) is 0 Å². The van der Waals surface area contributed by atoms with Crippen LogP contribution in [0.1, 0.15) is 74.9 Å². The molecule has 0 saturated heterocycles. The van der Waals surface area contributed by atoms with E-state index in [1.165, 1.54) is 111 Å². The van der Waals surface area contributed by atoms with Crippen molar-refractivity contribution >= 4 is 0 Å². The van der Waals surface area contributed by atoms with Crippen LogP contribution < -0.4 is 0 Å². The van der Waals surface area contributed by atoms with Gasteiger partial charge in [0.1, 0.15) is 0 Å². The van der Waals surface area contributed by atoms with Crippen molar-refractivity contribution in [1.82, 2.24) is 9.97 Å². The first kappa shape index (κ1) is 37.6. The molecule has 2 heteroatoms. The van der Waals surface area contributed by atoms with E-state index in [0.717, 1.165) is 11.4 Å². The molecule has 2 nitrogen and oxygen atoms in total. The summed E-state index contributed by atoms with van der Waals surface area (Å²) in [5, 5.41) is 0. The predicted molar refractivity (Wildman–Crippen MR) is 262 cm³/mol. The summed E-state index contributed by atoms with van der Waals surface area (Å²) in [6.45, 7) is 14.3. The van der Waals surface area contributed by atoms with Crippen molar-refractivity contribution in [1.29, 1.82) is 0 Å². The maximum absolute atomic E-state index is 4.53. The fourth-order valence-corrected chi connectivity index (χ4v) is 11.3. The first-order valence-corrected chi connectivity index (χ1v) is 22.3. The summed E-state index contributed by atoms with van der Waals surface area (Å²) in [5.74, 6) is 0.764. The van der Waals surface area contributed by atoms with Gasteiger partial charge < -0.3 is 0 Å². The molecule has 1 aromatic heterocycles. The van der Waals surface area contributed by atoms with Crippen LogP contribution in [0.15, 0.2) is 182 Å². The van der Waals surface area contributed by atoms with E-state index in [4.69, 9.17) is 0 Å². The van der Waals surface area contributed by atoms with E-state index in [1.807, 2.05) is 18.5 Å². The van der Waals surface area contributed by atoms with Crippen molar-refractivity contribution in [2.75, 3.05) is 0 Å². The molecule has 0 spiro atoms. The number of rotatable bonds is 5. The summed E-state index contributed by atoms with van der Waals surface area (Å²) < 4.78 is 0. The minimum absolute atomic E-state index is 0.142. The molecular formula is C61H48N2. The van der Waals surface area contributed by atoms with Crippen LogP contribution in [0.3, 0.4) is 0 Å². The van der Waals surface area contributed by atoms with Gasteiger partial charge in [0.05, 0.1) is 0 Å². The van der Waals surface area contributed by atoms with Gasteiger partial charge in [0.15, 0.2) is 5.82 Å². The highest BCUT2D eigenvalue weighted by atomic mass is 14.8. The van der Waals surface area contributed by atoms with Crippen molar-refractivity contribution < 1.29 is 0 Å². The Kier molecular flexibility index (Phi) is 8.01. The average molecular weight is 809 g/mol. The van der Waals surface area contributed by atoms with Gasteiger partial charge >= 0.3 is 0 Å². The van der Waals surface area contributed by atoms with Crippen LogP contribution >= 0.6 is 0 Å². The van der Waals surface area contributed by atoms with Crippen LogP contribution in [-0.2, 0) is 16.2 Å². The quantitative estimate of drug-likeness (QED) is 0.173. The van der Waals surface area contributed by atoms with Crippen LogP contribution in [0.5, 0.6) is 0 Å². The lowest BCUT2D eigenvalue weighted by atomic mass is 9.79. The fourth-order valence-electron chi connectivity index (χ4n) is 11.3. The topological polar surface area (TPSA) is 25.8 Å². The van der Waals surface area contributed by atoms with Gasteiger partial charge in [-0.3, -0.25) is 0 Å². The standard InChI is InChI=1S/C61H48N2/c1-59(2)52-31-38(40-19-25-48-50-27-21-42(35-56(50)60(3,4)54(48)33-40)45-16-11-10-15-44(45)37-13-8-7-9-14-37)17-23-46(52)47-24-18-39(32-53(47)59)41-20-26-49-51-28-22-43(58-62-29-12-30-63-58)36-57(51)61(5,6)55(49)34-41/h7-36H,1-6H3. The number of nitrogens with zero attached hydrogens (tertiary/aromatic N) is 2. The Morgan fingerprint density at radius 3 is 0.952 bits per heavy atom. The number of hydrogen-bond acceptors (Lipinski definition) is 2. The summed E-state index contributed by atoms with van der Waals surface area (Å²) in [5.41, 5.74) is 26.9. The zero-order chi connectivity index (χ0) is 42.8. The van der Waals surface area contributed by atoms with Crippen LogP contribution in [-0.4, -0.2) is 9.97 Å². The first-order chi connectivity index (χ1) is 30.5. The van der Waals surface area contributed by atoms with Gasteiger partial charge in [0, 0.05) is 34.2 Å². The Morgan fingerprint density at radius 1 is 0.254 bits per heavy atom. The van der Waals surface area contributed by atoms with Crippen molar-refractivity contribution in [2.24, 2.45) is 0 Å². The number of hydrogen-bond donors (Lipinski definition) is 0. The van der Waals surface area contributed by atoms with Gasteiger partial charge in [-0.05, 0) is 154 Å². The minimum atomic E-state index is -0.155. The van der Waals surface area contributed by atoms with E-state index in [1.54, 1.807) is 0 Å². The van der Waals surface area contributed by atoms with Gasteiger partial charge in [-0.2, -0.15) is 0 Å². The molecular weight excluding hydrogens is 761 g/mol. The number of fused-ring (bicyclic) bond motifs is 9. The normalized spacial score (nSPS) is 15.2. The molecule has 0 amide bonds. The molecule has 0 saturated carbocycles. The molecule has 302 valence electrons. The third kappa shape index (κ3) is 5.57. The molecule has 8 aromatic carbocycles. The molecule has 3 aliphatic carbocycles. The van der Waals surface area contributed by atoms with E-state index < -0.39 is 0 Å². The summed E-state index contributed by atoms with van der Waals surface area (Å²) >= 11 is 0. The zero-order valence-corrected chi connectivity index (χ0v) is 36.7. The maximum Gasteiger partial charge on any atom is 0.159 e. The molecule has 0 N–H and O–H groups in total. The number of aromatic nitrogens is 2. The fraction of sp³-hybridized carbons (Fsp3) is 0.148. The first-order valence-electron chi connectivity index (χ1n) is 22.3. The van der Waals surface area contributed by atoms with Gasteiger partial charge in [-0.25, -0.2) is 9.97 Å². The van der Waals surface area contributed by atoms with Crippen LogP contribution in [0, 0.1) is 0 Å². The van der Waals surface area contributed by atoms with E-state index in [9.17, 15) is 0 Å². The molecule has 12 rings (SSSR count). The van der Waals surface area contributed by atoms with Gasteiger partial charge in [0.25, 0.3) is 0 Å². The second-order valence-corrected chi connectivity index (χ2v) is 19.4. The van der Waals surface area contributed by atoms with Gasteiger partial charge in [0.2, 0.25) is 0 Å². The Hall–Kier alpha value is -7.16. The maximum atomic E-state index is 4.53. The molecule has 63 heavy (non-hydrogen) atoms. The zero-order valence-electron chi connectivity index (χ0n) is 36.7. The average Bonchev–Trinajstić information content (AvgIpc) is 3.80. The lowest BCUT2D eigenvalue weighted by Gasteiger charge is -2.24. The van der Waals surface area contributed by atoms with E-state index in [2.05, 4.69) is 215 Å². The van der Waals surface area contributed by atoms with Crippen LogP contribution in [0.4, 0.5) is 0 Å². The SMILES string of the molecule is CC1(C)c2cc(-c3ccc4c(c3)C(C)(C)c3cc(-c5ncccn5)ccc3-4)ccc2-c2ccc(-c3ccc4c(c3)C(C)(C)c3cc(-c5ccccc5-c5ccccc5)ccc3-4)cc21. The Morgan fingerprint density at radius 2 is 0.556 bits per heavy atom. The highest BCUT2D eigenvalue weighted by Gasteiger charge is 2.39. The molecule has 9 aromatic rings. The van der Waals surface area contributed by atoms with Crippen molar-refractivity contribution in [3.05, 3.63) is 216 Å². The summed E-state index contributed by atoms with van der Waals surface area (Å²) in [6.07, 6.45) is 3.63. The van der Waals surface area contributed by atoms with E-state index in [-0.39, 0.29) is 16.2 Å². The molecule has 0 fully saturated rings.